The molecular weight excluding hydrogens is 232 g/mol. The molecule has 3 nitrogen and oxygen atoms in total. The van der Waals surface area contributed by atoms with Gasteiger partial charge in [0.25, 0.3) is 0 Å². The van der Waals surface area contributed by atoms with Gasteiger partial charge in [0.05, 0.1) is 6.04 Å². The summed E-state index contributed by atoms with van der Waals surface area (Å²) in [5.74, 6) is 0.693. The summed E-state index contributed by atoms with van der Waals surface area (Å²) < 4.78 is 0. The van der Waals surface area contributed by atoms with Crippen molar-refractivity contribution < 1.29 is 4.79 Å². The van der Waals surface area contributed by atoms with Crippen molar-refractivity contribution in [3.63, 3.8) is 0 Å². The van der Waals surface area contributed by atoms with Gasteiger partial charge in [-0.2, -0.15) is 11.8 Å². The fourth-order valence-corrected chi connectivity index (χ4v) is 2.09. The Morgan fingerprint density at radius 1 is 1.41 bits per heavy atom. The molecule has 4 heteroatoms. The van der Waals surface area contributed by atoms with Crippen LogP contribution in [0.2, 0.25) is 0 Å². The van der Waals surface area contributed by atoms with E-state index in [-0.39, 0.29) is 11.9 Å². The minimum absolute atomic E-state index is 0.203. The average molecular weight is 252 g/mol. The highest BCUT2D eigenvalue weighted by molar-refractivity contribution is 7.98. The fourth-order valence-electron chi connectivity index (χ4n) is 1.62. The number of hydrogen-bond donors (Lipinski definition) is 2. The Hall–Kier alpha value is -1.00. The Kier molecular flexibility index (Phi) is 6.74. The van der Waals surface area contributed by atoms with Gasteiger partial charge in [-0.15, -0.1) is 0 Å². The monoisotopic (exact) mass is 252 g/mol. The fraction of sp³-hybridized carbons (Fsp3) is 0.462. The van der Waals surface area contributed by atoms with Crippen molar-refractivity contribution in [3.8, 4) is 0 Å². The lowest BCUT2D eigenvalue weighted by atomic mass is 10.1. The summed E-state index contributed by atoms with van der Waals surface area (Å²) in [6.45, 7) is 0.784. The zero-order chi connectivity index (χ0) is 12.5. The van der Waals surface area contributed by atoms with Gasteiger partial charge in [-0.1, -0.05) is 30.3 Å². The average Bonchev–Trinajstić information content (AvgIpc) is 2.34. The second kappa shape index (κ2) is 8.14. The smallest absolute Gasteiger partial charge is 0.234 e. The number of carbonyl (C=O) groups is 1. The maximum atomic E-state index is 11.2. The third-order valence-electron chi connectivity index (χ3n) is 2.60. The highest BCUT2D eigenvalue weighted by atomic mass is 32.2. The number of nitrogens with one attached hydrogen (secondary N) is 1. The molecule has 3 N–H and O–H groups in total. The molecule has 0 saturated carbocycles. The van der Waals surface area contributed by atoms with Gasteiger partial charge in [0.15, 0.2) is 0 Å². The third kappa shape index (κ3) is 5.75. The molecule has 0 aliphatic rings. The van der Waals surface area contributed by atoms with Crippen molar-refractivity contribution >= 4 is 17.7 Å². The molecule has 1 aromatic rings. The van der Waals surface area contributed by atoms with Gasteiger partial charge in [-0.05, 0) is 37.0 Å². The Morgan fingerprint density at radius 3 is 2.71 bits per heavy atom. The predicted molar refractivity (Wildman–Crippen MR) is 74.1 cm³/mol. The summed E-state index contributed by atoms with van der Waals surface area (Å²) >= 11 is 1.73. The summed E-state index contributed by atoms with van der Waals surface area (Å²) in [5, 5.41) is 3.21. The van der Waals surface area contributed by atoms with E-state index >= 15 is 0 Å². The van der Waals surface area contributed by atoms with Crippen LogP contribution in [0.5, 0.6) is 0 Å². The zero-order valence-electron chi connectivity index (χ0n) is 10.2. The van der Waals surface area contributed by atoms with Gasteiger partial charge in [0.2, 0.25) is 5.91 Å². The number of benzene rings is 1. The van der Waals surface area contributed by atoms with Crippen LogP contribution in [0.15, 0.2) is 30.3 Å². The van der Waals surface area contributed by atoms with Gasteiger partial charge in [-0.3, -0.25) is 4.79 Å². The molecular formula is C13H20N2OS. The molecule has 1 unspecified atom stereocenters. The molecule has 0 heterocycles. The van der Waals surface area contributed by atoms with Crippen molar-refractivity contribution in [3.05, 3.63) is 35.9 Å². The highest BCUT2D eigenvalue weighted by Gasteiger charge is 2.13. The largest absolute Gasteiger partial charge is 0.368 e. The van der Waals surface area contributed by atoms with E-state index in [0.29, 0.717) is 0 Å². The SMILES string of the molecule is CSCCC(NCCc1ccccc1)C(N)=O. The Bertz CT molecular complexity index is 329. The molecule has 1 aromatic carbocycles. The lowest BCUT2D eigenvalue weighted by molar-refractivity contribution is -0.120. The van der Waals surface area contributed by atoms with Crippen LogP contribution in [0.25, 0.3) is 0 Å². The number of amides is 1. The summed E-state index contributed by atoms with van der Waals surface area (Å²) in [6.07, 6.45) is 3.75. The van der Waals surface area contributed by atoms with E-state index in [0.717, 1.165) is 25.1 Å². The predicted octanol–water partition coefficient (Wildman–Crippen LogP) is 1.43. The van der Waals surface area contributed by atoms with E-state index in [9.17, 15) is 4.79 Å². The van der Waals surface area contributed by atoms with Crippen LogP contribution in [-0.4, -0.2) is 30.5 Å². The Balaban J connectivity index is 2.29. The van der Waals surface area contributed by atoms with Crippen molar-refractivity contribution in [2.24, 2.45) is 5.73 Å². The molecule has 0 saturated heterocycles. The first-order valence-electron chi connectivity index (χ1n) is 5.79. The van der Waals surface area contributed by atoms with E-state index in [2.05, 4.69) is 17.4 Å². The standard InChI is InChI=1S/C13H20N2OS/c1-17-10-8-12(13(14)16)15-9-7-11-5-3-2-4-6-11/h2-6,12,15H,7-10H2,1H3,(H2,14,16). The molecule has 0 bridgehead atoms. The first-order valence-corrected chi connectivity index (χ1v) is 7.19. The second-order valence-corrected chi connectivity index (χ2v) is 4.91. The van der Waals surface area contributed by atoms with Gasteiger partial charge in [0, 0.05) is 0 Å². The van der Waals surface area contributed by atoms with Crippen LogP contribution in [-0.2, 0) is 11.2 Å². The number of hydrogen-bond acceptors (Lipinski definition) is 3. The molecule has 1 rings (SSSR count). The van der Waals surface area contributed by atoms with Crippen molar-refractivity contribution in [2.75, 3.05) is 18.6 Å². The van der Waals surface area contributed by atoms with Gasteiger partial charge >= 0.3 is 0 Å². The van der Waals surface area contributed by atoms with Gasteiger partial charge in [0.1, 0.15) is 0 Å². The maximum Gasteiger partial charge on any atom is 0.234 e. The molecule has 0 fully saturated rings. The van der Waals surface area contributed by atoms with Crippen molar-refractivity contribution in [2.45, 2.75) is 18.9 Å². The molecule has 1 atom stereocenters. The van der Waals surface area contributed by atoms with Crippen LogP contribution in [0.1, 0.15) is 12.0 Å². The minimum atomic E-state index is -0.257. The molecule has 17 heavy (non-hydrogen) atoms. The number of rotatable bonds is 8. The van der Waals surface area contributed by atoms with Gasteiger partial charge < -0.3 is 11.1 Å². The van der Waals surface area contributed by atoms with Crippen molar-refractivity contribution in [1.82, 2.24) is 5.32 Å². The van der Waals surface area contributed by atoms with Crippen LogP contribution in [0.3, 0.4) is 0 Å². The molecule has 94 valence electrons. The normalized spacial score (nSPS) is 12.3. The maximum absolute atomic E-state index is 11.2. The van der Waals surface area contributed by atoms with Crippen molar-refractivity contribution in [1.29, 1.82) is 0 Å². The third-order valence-corrected chi connectivity index (χ3v) is 3.25. The highest BCUT2D eigenvalue weighted by Crippen LogP contribution is 2.02. The molecule has 0 aliphatic carbocycles. The second-order valence-electron chi connectivity index (χ2n) is 3.93. The summed E-state index contributed by atoms with van der Waals surface area (Å²) in [4.78, 5) is 11.2. The molecule has 0 spiro atoms. The van der Waals surface area contributed by atoms with Crippen LogP contribution in [0, 0.1) is 0 Å². The first-order chi connectivity index (χ1) is 8.24. The number of primary amides is 1. The number of thioether (sulfide) groups is 1. The zero-order valence-corrected chi connectivity index (χ0v) is 11.0. The number of nitrogens with two attached hydrogens (primary N) is 1. The molecule has 1 amide bonds. The lowest BCUT2D eigenvalue weighted by Crippen LogP contribution is -2.42. The lowest BCUT2D eigenvalue weighted by Gasteiger charge is -2.14. The van der Waals surface area contributed by atoms with E-state index in [1.165, 1.54) is 5.56 Å². The number of carbonyl (C=O) groups excluding carboxylic acids is 1. The Labute approximate surface area is 107 Å². The summed E-state index contributed by atoms with van der Waals surface area (Å²) in [5.41, 5.74) is 6.62. The van der Waals surface area contributed by atoms with Crippen LogP contribution in [0.4, 0.5) is 0 Å². The first kappa shape index (κ1) is 14.1. The van der Waals surface area contributed by atoms with E-state index in [1.807, 2.05) is 24.5 Å². The Morgan fingerprint density at radius 2 is 2.12 bits per heavy atom. The van der Waals surface area contributed by atoms with Crippen LogP contribution >= 0.6 is 11.8 Å². The quantitative estimate of drug-likeness (QED) is 0.736. The molecule has 0 aliphatic heterocycles. The van der Waals surface area contributed by atoms with Gasteiger partial charge in [-0.25, -0.2) is 0 Å². The van der Waals surface area contributed by atoms with Crippen LogP contribution < -0.4 is 11.1 Å². The molecule has 0 aromatic heterocycles. The van der Waals surface area contributed by atoms with E-state index in [4.69, 9.17) is 5.73 Å². The topological polar surface area (TPSA) is 55.1 Å². The molecule has 0 radical (unpaired) electrons. The summed E-state index contributed by atoms with van der Waals surface area (Å²) in [6, 6.07) is 10.0. The summed E-state index contributed by atoms with van der Waals surface area (Å²) in [7, 11) is 0. The van der Waals surface area contributed by atoms with E-state index in [1.54, 1.807) is 11.8 Å². The minimum Gasteiger partial charge on any atom is -0.368 e. The van der Waals surface area contributed by atoms with E-state index < -0.39 is 0 Å².